The van der Waals surface area contributed by atoms with Crippen LogP contribution in [0, 0.1) is 0 Å². The van der Waals surface area contributed by atoms with Crippen LogP contribution in [0.4, 0.5) is 0 Å². The molecule has 1 aliphatic rings. The molecule has 2 N–H and O–H groups in total. The molecule has 0 radical (unpaired) electrons. The van der Waals surface area contributed by atoms with E-state index in [1.165, 1.54) is 4.90 Å². The first kappa shape index (κ1) is 12.7. The van der Waals surface area contributed by atoms with Crippen molar-refractivity contribution in [3.05, 3.63) is 35.4 Å². The standard InChI is InChI=1S/C13H15NO4/c15-8-9(16)4-3-7-14-12(17)10-5-1-2-6-11(10)13(14)18/h1-2,5-6,9,15-16H,3-4,7-8H2. The van der Waals surface area contributed by atoms with Gasteiger partial charge in [-0.3, -0.25) is 14.5 Å². The monoisotopic (exact) mass is 249 g/mol. The van der Waals surface area contributed by atoms with Gasteiger partial charge in [-0.2, -0.15) is 0 Å². The van der Waals surface area contributed by atoms with E-state index in [4.69, 9.17) is 5.11 Å². The highest BCUT2D eigenvalue weighted by Gasteiger charge is 2.34. The summed E-state index contributed by atoms with van der Waals surface area (Å²) in [4.78, 5) is 25.1. The average molecular weight is 249 g/mol. The van der Waals surface area contributed by atoms with Gasteiger partial charge in [0.2, 0.25) is 0 Å². The normalized spacial score (nSPS) is 16.0. The molecule has 18 heavy (non-hydrogen) atoms. The Bertz CT molecular complexity index is 437. The van der Waals surface area contributed by atoms with E-state index in [2.05, 4.69) is 0 Å². The van der Waals surface area contributed by atoms with Gasteiger partial charge in [-0.1, -0.05) is 12.1 Å². The van der Waals surface area contributed by atoms with Gasteiger partial charge in [0, 0.05) is 6.54 Å². The van der Waals surface area contributed by atoms with Gasteiger partial charge in [-0.15, -0.1) is 0 Å². The predicted octanol–water partition coefficient (Wildman–Crippen LogP) is 0.416. The molecule has 1 heterocycles. The van der Waals surface area contributed by atoms with Crippen LogP contribution in [-0.4, -0.2) is 46.2 Å². The molecule has 0 aromatic heterocycles. The lowest BCUT2D eigenvalue weighted by atomic mass is 10.1. The molecule has 1 atom stereocenters. The Labute approximate surface area is 105 Å². The summed E-state index contributed by atoms with van der Waals surface area (Å²) < 4.78 is 0. The van der Waals surface area contributed by atoms with E-state index in [0.29, 0.717) is 24.0 Å². The minimum atomic E-state index is -0.791. The minimum Gasteiger partial charge on any atom is -0.394 e. The van der Waals surface area contributed by atoms with Crippen LogP contribution in [0.15, 0.2) is 24.3 Å². The SMILES string of the molecule is O=C1c2ccccc2C(=O)N1CCCC(O)CO. The number of nitrogens with zero attached hydrogens (tertiary/aromatic N) is 1. The molecule has 0 bridgehead atoms. The predicted molar refractivity (Wildman–Crippen MR) is 64.1 cm³/mol. The highest BCUT2D eigenvalue weighted by Crippen LogP contribution is 2.22. The Kier molecular flexibility index (Phi) is 3.74. The van der Waals surface area contributed by atoms with Crippen LogP contribution in [-0.2, 0) is 0 Å². The van der Waals surface area contributed by atoms with Gasteiger partial charge in [0.15, 0.2) is 0 Å². The van der Waals surface area contributed by atoms with Crippen molar-refractivity contribution < 1.29 is 19.8 Å². The molecule has 5 nitrogen and oxygen atoms in total. The maximum absolute atomic E-state index is 11.9. The fraction of sp³-hybridized carbons (Fsp3) is 0.385. The molecule has 0 saturated heterocycles. The number of carbonyl (C=O) groups excluding carboxylic acids is 2. The molecule has 0 saturated carbocycles. The number of aliphatic hydroxyl groups excluding tert-OH is 2. The van der Waals surface area contributed by atoms with Crippen LogP contribution in [0.2, 0.25) is 0 Å². The van der Waals surface area contributed by atoms with Crippen LogP contribution in [0.25, 0.3) is 0 Å². The molecule has 2 rings (SSSR count). The van der Waals surface area contributed by atoms with Crippen molar-refractivity contribution in [3.8, 4) is 0 Å². The lowest BCUT2D eigenvalue weighted by Gasteiger charge is -2.14. The van der Waals surface area contributed by atoms with Gasteiger partial charge in [0.05, 0.1) is 23.8 Å². The summed E-state index contributed by atoms with van der Waals surface area (Å²) in [7, 11) is 0. The molecule has 0 fully saturated rings. The van der Waals surface area contributed by atoms with Gasteiger partial charge in [-0.05, 0) is 25.0 Å². The van der Waals surface area contributed by atoms with Gasteiger partial charge in [-0.25, -0.2) is 0 Å². The molecule has 1 unspecified atom stereocenters. The minimum absolute atomic E-state index is 0.267. The van der Waals surface area contributed by atoms with E-state index in [1.807, 2.05) is 0 Å². The van der Waals surface area contributed by atoms with E-state index in [-0.39, 0.29) is 25.0 Å². The van der Waals surface area contributed by atoms with Crippen LogP contribution in [0.1, 0.15) is 33.6 Å². The summed E-state index contributed by atoms with van der Waals surface area (Å²) in [6, 6.07) is 6.72. The van der Waals surface area contributed by atoms with Crippen molar-refractivity contribution in [3.63, 3.8) is 0 Å². The summed E-state index contributed by atoms with van der Waals surface area (Å²) in [6.45, 7) is -0.0362. The van der Waals surface area contributed by atoms with Gasteiger partial charge in [0.25, 0.3) is 11.8 Å². The average Bonchev–Trinajstić information content (AvgIpc) is 2.64. The van der Waals surface area contributed by atoms with Crippen molar-refractivity contribution in [2.75, 3.05) is 13.2 Å². The third-order valence-electron chi connectivity index (χ3n) is 3.01. The summed E-state index contributed by atoms with van der Waals surface area (Å²) in [5.74, 6) is -0.567. The zero-order chi connectivity index (χ0) is 13.1. The molecule has 1 aliphatic heterocycles. The van der Waals surface area contributed by atoms with E-state index < -0.39 is 6.10 Å². The maximum atomic E-state index is 11.9. The van der Waals surface area contributed by atoms with Crippen molar-refractivity contribution in [1.82, 2.24) is 4.90 Å². The van der Waals surface area contributed by atoms with Crippen LogP contribution in [0.5, 0.6) is 0 Å². The molecular formula is C13H15NO4. The number of fused-ring (bicyclic) bond motifs is 1. The second-order valence-corrected chi connectivity index (χ2v) is 4.29. The summed E-state index contributed by atoms with van der Waals surface area (Å²) in [6.07, 6.45) is 0.0528. The van der Waals surface area contributed by atoms with E-state index in [1.54, 1.807) is 24.3 Å². The fourth-order valence-corrected chi connectivity index (χ4v) is 2.02. The molecule has 1 aromatic carbocycles. The highest BCUT2D eigenvalue weighted by molar-refractivity contribution is 6.21. The van der Waals surface area contributed by atoms with Gasteiger partial charge < -0.3 is 10.2 Å². The van der Waals surface area contributed by atoms with Crippen molar-refractivity contribution in [2.45, 2.75) is 18.9 Å². The Morgan fingerprint density at radius 2 is 1.67 bits per heavy atom. The molecule has 1 aromatic rings. The molecule has 0 aliphatic carbocycles. The third kappa shape index (κ3) is 2.27. The Balaban J connectivity index is 2.01. The molecule has 2 amide bonds. The Morgan fingerprint density at radius 1 is 1.11 bits per heavy atom. The number of aliphatic hydroxyl groups is 2. The number of imide groups is 1. The second-order valence-electron chi connectivity index (χ2n) is 4.29. The smallest absolute Gasteiger partial charge is 0.261 e. The van der Waals surface area contributed by atoms with Gasteiger partial charge >= 0.3 is 0 Å². The number of rotatable bonds is 5. The number of hydrogen-bond donors (Lipinski definition) is 2. The summed E-state index contributed by atoms with van der Waals surface area (Å²) in [5, 5.41) is 17.9. The topological polar surface area (TPSA) is 77.8 Å². The molecule has 96 valence electrons. The number of amides is 2. The second kappa shape index (κ2) is 5.29. The first-order valence-corrected chi connectivity index (χ1v) is 5.89. The third-order valence-corrected chi connectivity index (χ3v) is 3.01. The first-order chi connectivity index (χ1) is 8.65. The van der Waals surface area contributed by atoms with Crippen molar-refractivity contribution >= 4 is 11.8 Å². The lowest BCUT2D eigenvalue weighted by Crippen LogP contribution is -2.31. The maximum Gasteiger partial charge on any atom is 0.261 e. The number of benzene rings is 1. The van der Waals surface area contributed by atoms with Gasteiger partial charge in [0.1, 0.15) is 0 Å². The van der Waals surface area contributed by atoms with E-state index in [9.17, 15) is 14.7 Å². The molecular weight excluding hydrogens is 234 g/mol. The summed E-state index contributed by atoms with van der Waals surface area (Å²) >= 11 is 0. The molecule has 0 spiro atoms. The van der Waals surface area contributed by atoms with Crippen LogP contribution >= 0.6 is 0 Å². The van der Waals surface area contributed by atoms with E-state index in [0.717, 1.165) is 0 Å². The summed E-state index contributed by atoms with van der Waals surface area (Å²) in [5.41, 5.74) is 0.871. The van der Waals surface area contributed by atoms with Crippen molar-refractivity contribution in [2.24, 2.45) is 0 Å². The van der Waals surface area contributed by atoms with Crippen LogP contribution in [0.3, 0.4) is 0 Å². The largest absolute Gasteiger partial charge is 0.394 e. The quantitative estimate of drug-likeness (QED) is 0.741. The molecule has 5 heteroatoms. The highest BCUT2D eigenvalue weighted by atomic mass is 16.3. The van der Waals surface area contributed by atoms with Crippen LogP contribution < -0.4 is 0 Å². The Hall–Kier alpha value is -1.72. The number of carbonyl (C=O) groups is 2. The number of hydrogen-bond acceptors (Lipinski definition) is 4. The zero-order valence-electron chi connectivity index (χ0n) is 9.87. The Morgan fingerprint density at radius 3 is 2.17 bits per heavy atom. The first-order valence-electron chi connectivity index (χ1n) is 5.89. The zero-order valence-corrected chi connectivity index (χ0v) is 9.87. The lowest BCUT2D eigenvalue weighted by molar-refractivity contribution is 0.0616. The van der Waals surface area contributed by atoms with Crippen molar-refractivity contribution in [1.29, 1.82) is 0 Å². The van der Waals surface area contributed by atoms with E-state index >= 15 is 0 Å². The fourth-order valence-electron chi connectivity index (χ4n) is 2.02.